The van der Waals surface area contributed by atoms with Gasteiger partial charge in [-0.1, -0.05) is 24.4 Å². The highest BCUT2D eigenvalue weighted by atomic mass is 127. The molecule has 1 aromatic carbocycles. The van der Waals surface area contributed by atoms with E-state index >= 15 is 0 Å². The van der Waals surface area contributed by atoms with Crippen molar-refractivity contribution in [3.63, 3.8) is 0 Å². The van der Waals surface area contributed by atoms with Gasteiger partial charge in [-0.2, -0.15) is 0 Å². The number of benzene rings is 1. The fraction of sp³-hybridized carbons (Fsp3) is 0.182. The van der Waals surface area contributed by atoms with Crippen LogP contribution in [0.2, 0.25) is 0 Å². The standard InChI is InChI=1S/C11H11IO2S/c1-3-14-11(13)8(2)15-10-6-4-5-9(12)7-10/h4-7H,2-3H2,1H3. The molecule has 0 aliphatic carbocycles. The van der Waals surface area contributed by atoms with Crippen LogP contribution in [0.1, 0.15) is 6.92 Å². The van der Waals surface area contributed by atoms with E-state index in [1.807, 2.05) is 24.3 Å². The van der Waals surface area contributed by atoms with Gasteiger partial charge in [-0.05, 0) is 47.7 Å². The summed E-state index contributed by atoms with van der Waals surface area (Å²) in [6, 6.07) is 7.88. The Bertz CT molecular complexity index is 377. The Balaban J connectivity index is 2.62. The lowest BCUT2D eigenvalue weighted by atomic mass is 10.4. The summed E-state index contributed by atoms with van der Waals surface area (Å²) in [6.07, 6.45) is 0. The van der Waals surface area contributed by atoms with Crippen LogP contribution in [0.25, 0.3) is 0 Å². The molecule has 0 fully saturated rings. The Kier molecular flexibility index (Phi) is 5.17. The van der Waals surface area contributed by atoms with Crippen molar-refractivity contribution in [2.75, 3.05) is 6.61 Å². The van der Waals surface area contributed by atoms with Crippen LogP contribution in [0.3, 0.4) is 0 Å². The lowest BCUT2D eigenvalue weighted by Gasteiger charge is -2.04. The molecule has 1 aromatic rings. The van der Waals surface area contributed by atoms with E-state index < -0.39 is 0 Å². The van der Waals surface area contributed by atoms with Crippen LogP contribution < -0.4 is 0 Å². The number of thioether (sulfide) groups is 1. The quantitative estimate of drug-likeness (QED) is 0.365. The van der Waals surface area contributed by atoms with Crippen molar-refractivity contribution < 1.29 is 9.53 Å². The Morgan fingerprint density at radius 1 is 1.60 bits per heavy atom. The van der Waals surface area contributed by atoms with Gasteiger partial charge in [0.25, 0.3) is 0 Å². The topological polar surface area (TPSA) is 26.3 Å². The van der Waals surface area contributed by atoms with Gasteiger partial charge in [0.05, 0.1) is 11.5 Å². The van der Waals surface area contributed by atoms with E-state index in [2.05, 4.69) is 29.2 Å². The monoisotopic (exact) mass is 334 g/mol. The second kappa shape index (κ2) is 6.17. The van der Waals surface area contributed by atoms with Crippen molar-refractivity contribution in [3.05, 3.63) is 39.3 Å². The Labute approximate surface area is 107 Å². The molecule has 0 saturated carbocycles. The maximum absolute atomic E-state index is 11.3. The molecule has 1 rings (SSSR count). The zero-order valence-corrected chi connectivity index (χ0v) is 11.3. The van der Waals surface area contributed by atoms with Crippen molar-refractivity contribution in [1.29, 1.82) is 0 Å². The first-order chi connectivity index (χ1) is 7.13. The average molecular weight is 334 g/mol. The minimum Gasteiger partial charge on any atom is -0.462 e. The molecule has 0 atom stereocenters. The molecule has 0 spiro atoms. The Hall–Kier alpha value is -0.490. The highest BCUT2D eigenvalue weighted by molar-refractivity contribution is 14.1. The van der Waals surface area contributed by atoms with Gasteiger partial charge in [0.15, 0.2) is 0 Å². The first-order valence-electron chi connectivity index (χ1n) is 4.43. The number of hydrogen-bond donors (Lipinski definition) is 0. The zero-order valence-electron chi connectivity index (χ0n) is 8.33. The number of ether oxygens (including phenoxy) is 1. The van der Waals surface area contributed by atoms with Crippen LogP contribution in [0, 0.1) is 3.57 Å². The average Bonchev–Trinajstić information content (AvgIpc) is 2.18. The van der Waals surface area contributed by atoms with Gasteiger partial charge >= 0.3 is 5.97 Å². The summed E-state index contributed by atoms with van der Waals surface area (Å²) in [5, 5.41) is 0. The molecule has 15 heavy (non-hydrogen) atoms. The SMILES string of the molecule is C=C(Sc1cccc(I)c1)C(=O)OCC. The summed E-state index contributed by atoms with van der Waals surface area (Å²) in [4.78, 5) is 12.7. The van der Waals surface area contributed by atoms with Crippen molar-refractivity contribution in [1.82, 2.24) is 0 Å². The second-order valence-electron chi connectivity index (χ2n) is 2.70. The van der Waals surface area contributed by atoms with Crippen LogP contribution in [0.4, 0.5) is 0 Å². The van der Waals surface area contributed by atoms with Crippen molar-refractivity contribution in [2.24, 2.45) is 0 Å². The van der Waals surface area contributed by atoms with Gasteiger partial charge in [-0.25, -0.2) is 4.79 Å². The van der Waals surface area contributed by atoms with Crippen molar-refractivity contribution >= 4 is 40.3 Å². The number of halogens is 1. The van der Waals surface area contributed by atoms with Gasteiger partial charge in [-0.3, -0.25) is 0 Å². The molecule has 4 heteroatoms. The molecule has 0 N–H and O–H groups in total. The Morgan fingerprint density at radius 3 is 2.93 bits per heavy atom. The molecular formula is C11H11IO2S. The van der Waals surface area contributed by atoms with E-state index in [0.717, 1.165) is 8.47 Å². The smallest absolute Gasteiger partial charge is 0.344 e. The second-order valence-corrected chi connectivity index (χ2v) is 5.12. The first kappa shape index (κ1) is 12.6. The Morgan fingerprint density at radius 2 is 2.33 bits per heavy atom. The summed E-state index contributed by atoms with van der Waals surface area (Å²) in [7, 11) is 0. The van der Waals surface area contributed by atoms with Gasteiger partial charge in [0.2, 0.25) is 0 Å². The third kappa shape index (κ3) is 4.25. The van der Waals surface area contributed by atoms with E-state index in [0.29, 0.717) is 11.5 Å². The van der Waals surface area contributed by atoms with Crippen LogP contribution in [-0.2, 0) is 9.53 Å². The number of hydrogen-bond acceptors (Lipinski definition) is 3. The van der Waals surface area contributed by atoms with E-state index in [9.17, 15) is 4.79 Å². The lowest BCUT2D eigenvalue weighted by molar-refractivity contribution is -0.137. The summed E-state index contributed by atoms with van der Waals surface area (Å²) >= 11 is 3.56. The maximum Gasteiger partial charge on any atom is 0.344 e. The number of carbonyl (C=O) groups is 1. The third-order valence-corrected chi connectivity index (χ3v) is 3.11. The largest absolute Gasteiger partial charge is 0.462 e. The number of rotatable bonds is 4. The van der Waals surface area contributed by atoms with E-state index in [-0.39, 0.29) is 5.97 Å². The summed E-state index contributed by atoms with van der Waals surface area (Å²) < 4.78 is 5.98. The first-order valence-corrected chi connectivity index (χ1v) is 6.32. The molecule has 0 radical (unpaired) electrons. The number of esters is 1. The summed E-state index contributed by atoms with van der Waals surface area (Å²) in [5.74, 6) is -0.346. The van der Waals surface area contributed by atoms with Gasteiger partial charge in [0, 0.05) is 8.47 Å². The molecule has 0 aliphatic heterocycles. The third-order valence-electron chi connectivity index (χ3n) is 1.54. The van der Waals surface area contributed by atoms with E-state index in [4.69, 9.17) is 4.74 Å². The molecular weight excluding hydrogens is 323 g/mol. The molecule has 0 aliphatic rings. The predicted molar refractivity (Wildman–Crippen MR) is 70.8 cm³/mol. The highest BCUT2D eigenvalue weighted by Gasteiger charge is 2.09. The van der Waals surface area contributed by atoms with Gasteiger partial charge < -0.3 is 4.74 Å². The van der Waals surface area contributed by atoms with Crippen LogP contribution in [0.5, 0.6) is 0 Å². The van der Waals surface area contributed by atoms with E-state index in [1.165, 1.54) is 11.8 Å². The fourth-order valence-corrected chi connectivity index (χ4v) is 2.44. The molecule has 0 unspecified atom stereocenters. The molecule has 0 bridgehead atoms. The summed E-state index contributed by atoms with van der Waals surface area (Å²) in [5.41, 5.74) is 0. The van der Waals surface area contributed by atoms with Gasteiger partial charge in [0.1, 0.15) is 0 Å². The minimum absolute atomic E-state index is 0.346. The molecule has 0 amide bonds. The molecule has 0 aromatic heterocycles. The maximum atomic E-state index is 11.3. The normalized spacial score (nSPS) is 9.73. The molecule has 0 saturated heterocycles. The number of carbonyl (C=O) groups excluding carboxylic acids is 1. The van der Waals surface area contributed by atoms with Gasteiger partial charge in [-0.15, -0.1) is 0 Å². The van der Waals surface area contributed by atoms with Crippen molar-refractivity contribution in [3.8, 4) is 0 Å². The molecule has 2 nitrogen and oxygen atoms in total. The molecule has 80 valence electrons. The highest BCUT2D eigenvalue weighted by Crippen LogP contribution is 2.27. The van der Waals surface area contributed by atoms with Crippen LogP contribution >= 0.6 is 34.4 Å². The lowest BCUT2D eigenvalue weighted by Crippen LogP contribution is -2.03. The predicted octanol–water partition coefficient (Wildman–Crippen LogP) is 3.46. The van der Waals surface area contributed by atoms with E-state index in [1.54, 1.807) is 6.92 Å². The van der Waals surface area contributed by atoms with Crippen molar-refractivity contribution in [2.45, 2.75) is 11.8 Å². The molecule has 0 heterocycles. The zero-order chi connectivity index (χ0) is 11.3. The van der Waals surface area contributed by atoms with Crippen LogP contribution in [0.15, 0.2) is 40.6 Å². The summed E-state index contributed by atoms with van der Waals surface area (Å²) in [6.45, 7) is 5.84. The van der Waals surface area contributed by atoms with Crippen LogP contribution in [-0.4, -0.2) is 12.6 Å². The fourth-order valence-electron chi connectivity index (χ4n) is 0.926. The minimum atomic E-state index is -0.346.